The lowest BCUT2D eigenvalue weighted by molar-refractivity contribution is 0.393. The molecule has 0 aromatic carbocycles. The molecule has 0 atom stereocenters. The minimum Gasteiger partial charge on any atom is -0.473 e. The second-order valence-corrected chi connectivity index (χ2v) is 1.05. The number of hydrogen-bond donors (Lipinski definition) is 0. The second kappa shape index (κ2) is 1.65. The molecule has 0 aromatic rings. The largest absolute Gasteiger partial charge is 0.473 e. The van der Waals surface area contributed by atoms with E-state index in [-0.39, 0.29) is 6.24 Å². The summed E-state index contributed by atoms with van der Waals surface area (Å²) in [5, 5.41) is 0. The fourth-order valence-corrected chi connectivity index (χ4v) is 0.307. The standard InChI is InChI=1S/C5H6O/c1-2-4-6-5-3-1/h2-5H,1H2/i4D. The van der Waals surface area contributed by atoms with E-state index >= 15 is 0 Å². The fraction of sp³-hybridized carbons (Fsp3) is 0.200. The molecule has 0 N–H and O–H groups in total. The molecular formula is C5H6O. The van der Waals surface area contributed by atoms with Gasteiger partial charge in [0, 0.05) is 0 Å². The van der Waals surface area contributed by atoms with Crippen LogP contribution in [0.2, 0.25) is 0 Å². The summed E-state index contributed by atoms with van der Waals surface area (Å²) < 4.78 is 11.5. The van der Waals surface area contributed by atoms with Gasteiger partial charge in [0.1, 0.15) is 1.37 Å². The maximum absolute atomic E-state index is 6.86. The Balaban J connectivity index is 2.50. The molecule has 1 heteroatoms. The molecule has 0 aromatic heterocycles. The van der Waals surface area contributed by atoms with Crippen molar-refractivity contribution in [2.24, 2.45) is 0 Å². The van der Waals surface area contributed by atoms with Crippen molar-refractivity contribution in [1.82, 2.24) is 0 Å². The van der Waals surface area contributed by atoms with Crippen LogP contribution < -0.4 is 0 Å². The van der Waals surface area contributed by atoms with Gasteiger partial charge in [-0.05, 0) is 18.6 Å². The van der Waals surface area contributed by atoms with E-state index in [1.54, 1.807) is 6.08 Å². The summed E-state index contributed by atoms with van der Waals surface area (Å²) in [4.78, 5) is 0. The predicted octanol–water partition coefficient (Wildman–Crippen LogP) is 1.43. The molecule has 0 aliphatic carbocycles. The van der Waals surface area contributed by atoms with Gasteiger partial charge in [-0.25, -0.2) is 0 Å². The lowest BCUT2D eigenvalue weighted by Gasteiger charge is -1.91. The Morgan fingerprint density at radius 3 is 3.00 bits per heavy atom. The number of allylic oxidation sites excluding steroid dienone is 2. The van der Waals surface area contributed by atoms with Crippen LogP contribution in [0.15, 0.2) is 24.7 Å². The molecule has 1 aliphatic rings. The number of ether oxygens (including phenoxy) is 1. The molecule has 0 saturated carbocycles. The van der Waals surface area contributed by atoms with Crippen LogP contribution in [0, 0.1) is 0 Å². The van der Waals surface area contributed by atoms with Crippen molar-refractivity contribution in [1.29, 1.82) is 0 Å². The lowest BCUT2D eigenvalue weighted by atomic mass is 10.4. The van der Waals surface area contributed by atoms with Gasteiger partial charge in [-0.1, -0.05) is 0 Å². The Kier molecular flexibility index (Phi) is 0.675. The van der Waals surface area contributed by atoms with Gasteiger partial charge in [0.2, 0.25) is 0 Å². The number of rotatable bonds is 0. The van der Waals surface area contributed by atoms with E-state index in [0.29, 0.717) is 0 Å². The van der Waals surface area contributed by atoms with Crippen molar-refractivity contribution in [3.63, 3.8) is 0 Å². The summed E-state index contributed by atoms with van der Waals surface area (Å²) in [6.45, 7) is 0. The van der Waals surface area contributed by atoms with E-state index < -0.39 is 0 Å². The van der Waals surface area contributed by atoms with Gasteiger partial charge in [-0.3, -0.25) is 0 Å². The molecule has 0 spiro atoms. The summed E-state index contributed by atoms with van der Waals surface area (Å²) in [7, 11) is 0. The average Bonchev–Trinajstić information content (AvgIpc) is 1.69. The lowest BCUT2D eigenvalue weighted by Crippen LogP contribution is -1.71. The molecule has 1 heterocycles. The zero-order valence-electron chi connectivity index (χ0n) is 4.35. The molecule has 1 aliphatic heterocycles. The smallest absolute Gasteiger partial charge is 0.104 e. The minimum absolute atomic E-state index is 0.252. The monoisotopic (exact) mass is 83.0 g/mol. The Hall–Kier alpha value is -0.720. The molecule has 1 nitrogen and oxygen atoms in total. The summed E-state index contributed by atoms with van der Waals surface area (Å²) in [5.41, 5.74) is 0. The molecular weight excluding hydrogens is 76.1 g/mol. The normalized spacial score (nSPS) is 21.3. The zero-order chi connectivity index (χ0) is 5.11. The fourth-order valence-electron chi connectivity index (χ4n) is 0.307. The Morgan fingerprint density at radius 2 is 2.67 bits per heavy atom. The van der Waals surface area contributed by atoms with Crippen molar-refractivity contribution in [2.45, 2.75) is 6.42 Å². The van der Waals surface area contributed by atoms with Crippen LogP contribution in [0.25, 0.3) is 0 Å². The molecule has 6 heavy (non-hydrogen) atoms. The predicted molar refractivity (Wildman–Crippen MR) is 24.0 cm³/mol. The zero-order valence-corrected chi connectivity index (χ0v) is 3.35. The van der Waals surface area contributed by atoms with E-state index in [9.17, 15) is 0 Å². The third kappa shape index (κ3) is 0.612. The molecule has 0 bridgehead atoms. The van der Waals surface area contributed by atoms with E-state index in [1.165, 1.54) is 6.26 Å². The maximum atomic E-state index is 6.86. The highest BCUT2D eigenvalue weighted by molar-refractivity contribution is 4.92. The van der Waals surface area contributed by atoms with Crippen molar-refractivity contribution in [3.05, 3.63) is 24.7 Å². The Bertz CT molecular complexity index is 115. The SMILES string of the molecule is [2H]C1=CCC=CO1. The highest BCUT2D eigenvalue weighted by atomic mass is 16.5. The third-order valence-electron chi connectivity index (χ3n) is 0.570. The Morgan fingerprint density at radius 1 is 1.67 bits per heavy atom. The molecule has 0 amide bonds. The molecule has 0 fully saturated rings. The first kappa shape index (κ1) is 2.45. The summed E-state index contributed by atoms with van der Waals surface area (Å²) in [6, 6.07) is 0. The van der Waals surface area contributed by atoms with Gasteiger partial charge >= 0.3 is 0 Å². The molecule has 0 unspecified atom stereocenters. The highest BCUT2D eigenvalue weighted by Gasteiger charge is 1.75. The van der Waals surface area contributed by atoms with E-state index in [4.69, 9.17) is 1.37 Å². The van der Waals surface area contributed by atoms with E-state index in [0.717, 1.165) is 6.42 Å². The quantitative estimate of drug-likeness (QED) is 0.430. The van der Waals surface area contributed by atoms with Crippen LogP contribution in [0.1, 0.15) is 7.79 Å². The Labute approximate surface area is 38.3 Å². The summed E-state index contributed by atoms with van der Waals surface area (Å²) in [5.74, 6) is 0. The average molecular weight is 83.1 g/mol. The maximum Gasteiger partial charge on any atom is 0.104 e. The van der Waals surface area contributed by atoms with Gasteiger partial charge < -0.3 is 4.74 Å². The van der Waals surface area contributed by atoms with E-state index in [1.807, 2.05) is 6.08 Å². The topological polar surface area (TPSA) is 9.23 Å². The van der Waals surface area contributed by atoms with Gasteiger partial charge in [0.05, 0.1) is 12.5 Å². The molecule has 0 saturated heterocycles. The van der Waals surface area contributed by atoms with Gasteiger partial charge in [-0.15, -0.1) is 0 Å². The van der Waals surface area contributed by atoms with Crippen molar-refractivity contribution in [3.8, 4) is 0 Å². The van der Waals surface area contributed by atoms with Crippen LogP contribution in [0.5, 0.6) is 0 Å². The highest BCUT2D eigenvalue weighted by Crippen LogP contribution is 1.93. The van der Waals surface area contributed by atoms with Crippen LogP contribution in [-0.4, -0.2) is 0 Å². The van der Waals surface area contributed by atoms with Crippen LogP contribution >= 0.6 is 0 Å². The van der Waals surface area contributed by atoms with Crippen molar-refractivity contribution < 1.29 is 6.11 Å². The van der Waals surface area contributed by atoms with Crippen LogP contribution in [-0.2, 0) is 4.74 Å². The summed E-state index contributed by atoms with van der Waals surface area (Å²) in [6.07, 6.45) is 6.18. The first-order valence-corrected chi connectivity index (χ1v) is 1.88. The van der Waals surface area contributed by atoms with E-state index in [2.05, 4.69) is 4.74 Å². The third-order valence-corrected chi connectivity index (χ3v) is 0.570. The first-order valence-electron chi connectivity index (χ1n) is 2.38. The van der Waals surface area contributed by atoms with Gasteiger partial charge in [-0.2, -0.15) is 0 Å². The molecule has 0 radical (unpaired) electrons. The minimum atomic E-state index is 0.252. The molecule has 1 rings (SSSR count). The first-order chi connectivity index (χ1) is 3.39. The van der Waals surface area contributed by atoms with Crippen LogP contribution in [0.4, 0.5) is 0 Å². The van der Waals surface area contributed by atoms with Crippen LogP contribution in [0.3, 0.4) is 0 Å². The van der Waals surface area contributed by atoms with Gasteiger partial charge in [0.25, 0.3) is 0 Å². The van der Waals surface area contributed by atoms with Crippen molar-refractivity contribution >= 4 is 0 Å². The number of hydrogen-bond acceptors (Lipinski definition) is 1. The summed E-state index contributed by atoms with van der Waals surface area (Å²) >= 11 is 0. The molecule has 32 valence electrons. The van der Waals surface area contributed by atoms with Crippen molar-refractivity contribution in [2.75, 3.05) is 0 Å². The second-order valence-electron chi connectivity index (χ2n) is 1.05. The van der Waals surface area contributed by atoms with Gasteiger partial charge in [0.15, 0.2) is 0 Å².